The maximum absolute atomic E-state index is 5.93. The van der Waals surface area contributed by atoms with E-state index in [0.717, 1.165) is 17.3 Å². The number of likely N-dealkylation sites (N-methyl/N-ethyl adjacent to an activating group) is 1. The van der Waals surface area contributed by atoms with Crippen molar-refractivity contribution in [2.75, 3.05) is 26.0 Å². The maximum Gasteiger partial charge on any atom is 0.0527 e. The van der Waals surface area contributed by atoms with Gasteiger partial charge < -0.3 is 10.2 Å². The minimum atomic E-state index is 0.289. The molecule has 0 fully saturated rings. The Morgan fingerprint density at radius 1 is 1.21 bits per heavy atom. The molecule has 0 saturated heterocycles. The average Bonchev–Trinajstić information content (AvgIpc) is 2.42. The minimum absolute atomic E-state index is 0.289. The molecular formula is C15H18ClN3. The number of hydrogen-bond acceptors (Lipinski definition) is 3. The fourth-order valence-corrected chi connectivity index (χ4v) is 2.09. The Labute approximate surface area is 119 Å². The highest BCUT2D eigenvalue weighted by Crippen LogP contribution is 2.21. The fourth-order valence-electron chi connectivity index (χ4n) is 1.97. The molecule has 1 heterocycles. The lowest BCUT2D eigenvalue weighted by Gasteiger charge is -2.25. The highest BCUT2D eigenvalue weighted by Gasteiger charge is 2.13. The quantitative estimate of drug-likeness (QED) is 0.906. The first-order chi connectivity index (χ1) is 9.16. The van der Waals surface area contributed by atoms with Crippen LogP contribution in [0.1, 0.15) is 11.6 Å². The highest BCUT2D eigenvalue weighted by molar-refractivity contribution is 6.30. The van der Waals surface area contributed by atoms with Crippen molar-refractivity contribution in [1.29, 1.82) is 0 Å². The van der Waals surface area contributed by atoms with E-state index in [0.29, 0.717) is 0 Å². The Hall–Kier alpha value is -1.58. The van der Waals surface area contributed by atoms with Crippen molar-refractivity contribution in [2.45, 2.75) is 6.04 Å². The van der Waals surface area contributed by atoms with Crippen LogP contribution >= 0.6 is 11.6 Å². The van der Waals surface area contributed by atoms with Gasteiger partial charge in [-0.3, -0.25) is 4.98 Å². The van der Waals surface area contributed by atoms with Gasteiger partial charge in [-0.05, 0) is 43.9 Å². The van der Waals surface area contributed by atoms with Crippen LogP contribution in [0.2, 0.25) is 5.02 Å². The van der Waals surface area contributed by atoms with E-state index in [-0.39, 0.29) is 6.04 Å². The summed E-state index contributed by atoms with van der Waals surface area (Å²) in [6, 6.07) is 12.2. The van der Waals surface area contributed by atoms with Crippen LogP contribution in [0.3, 0.4) is 0 Å². The zero-order valence-electron chi connectivity index (χ0n) is 11.2. The summed E-state index contributed by atoms with van der Waals surface area (Å²) in [6.45, 7) is 0.820. The molecule has 1 aromatic carbocycles. The molecule has 19 heavy (non-hydrogen) atoms. The standard InChI is InChI=1S/C15H18ClN3/c1-19(2)15(12-5-7-13(16)8-6-12)11-18-14-4-3-9-17-10-14/h3-10,15,18H,11H2,1-2H3. The van der Waals surface area contributed by atoms with Gasteiger partial charge in [0.2, 0.25) is 0 Å². The molecule has 4 heteroatoms. The van der Waals surface area contributed by atoms with Crippen LogP contribution in [-0.4, -0.2) is 30.5 Å². The summed E-state index contributed by atoms with van der Waals surface area (Å²) in [5.41, 5.74) is 2.27. The number of rotatable bonds is 5. The molecule has 2 rings (SSSR count). The van der Waals surface area contributed by atoms with Gasteiger partial charge in [-0.15, -0.1) is 0 Å². The Morgan fingerprint density at radius 3 is 2.53 bits per heavy atom. The van der Waals surface area contributed by atoms with Crippen molar-refractivity contribution in [3.63, 3.8) is 0 Å². The first kappa shape index (κ1) is 13.8. The number of benzene rings is 1. The highest BCUT2D eigenvalue weighted by atomic mass is 35.5. The Morgan fingerprint density at radius 2 is 1.95 bits per heavy atom. The second-order valence-electron chi connectivity index (χ2n) is 4.65. The molecule has 1 aromatic heterocycles. The van der Waals surface area contributed by atoms with Gasteiger partial charge in [-0.2, -0.15) is 0 Å². The topological polar surface area (TPSA) is 28.2 Å². The maximum atomic E-state index is 5.93. The van der Waals surface area contributed by atoms with Crippen LogP contribution in [0.15, 0.2) is 48.8 Å². The largest absolute Gasteiger partial charge is 0.382 e. The molecular weight excluding hydrogens is 258 g/mol. The summed E-state index contributed by atoms with van der Waals surface area (Å²) >= 11 is 5.93. The third kappa shape index (κ3) is 3.94. The Balaban J connectivity index is 2.06. The number of aromatic nitrogens is 1. The smallest absolute Gasteiger partial charge is 0.0527 e. The van der Waals surface area contributed by atoms with Crippen molar-refractivity contribution in [3.8, 4) is 0 Å². The molecule has 1 N–H and O–H groups in total. The van der Waals surface area contributed by atoms with Gasteiger partial charge in [-0.25, -0.2) is 0 Å². The number of nitrogens with zero attached hydrogens (tertiary/aromatic N) is 2. The SMILES string of the molecule is CN(C)C(CNc1cccnc1)c1ccc(Cl)cc1. The molecule has 1 atom stereocenters. The van der Waals surface area contributed by atoms with E-state index in [1.807, 2.05) is 30.5 Å². The van der Waals surface area contributed by atoms with E-state index in [1.165, 1.54) is 5.56 Å². The zero-order valence-corrected chi connectivity index (χ0v) is 11.9. The van der Waals surface area contributed by atoms with E-state index in [9.17, 15) is 0 Å². The molecule has 1 unspecified atom stereocenters. The number of pyridine rings is 1. The lowest BCUT2D eigenvalue weighted by molar-refractivity contribution is 0.312. The molecule has 2 aromatic rings. The summed E-state index contributed by atoms with van der Waals surface area (Å²) in [6.07, 6.45) is 3.60. The normalized spacial score (nSPS) is 12.4. The molecule has 0 aliphatic heterocycles. The van der Waals surface area contributed by atoms with Gasteiger partial charge in [0.1, 0.15) is 0 Å². The molecule has 0 spiro atoms. The Bertz CT molecular complexity index is 497. The lowest BCUT2D eigenvalue weighted by atomic mass is 10.1. The van der Waals surface area contributed by atoms with E-state index in [2.05, 4.69) is 41.4 Å². The van der Waals surface area contributed by atoms with E-state index in [4.69, 9.17) is 11.6 Å². The molecule has 0 radical (unpaired) electrons. The predicted molar refractivity (Wildman–Crippen MR) is 80.6 cm³/mol. The summed E-state index contributed by atoms with van der Waals surface area (Å²) in [4.78, 5) is 6.29. The van der Waals surface area contributed by atoms with Crippen molar-refractivity contribution in [3.05, 3.63) is 59.4 Å². The van der Waals surface area contributed by atoms with E-state index >= 15 is 0 Å². The summed E-state index contributed by atoms with van der Waals surface area (Å²) in [5.74, 6) is 0. The molecule has 0 saturated carbocycles. The predicted octanol–water partition coefficient (Wildman–Crippen LogP) is 3.45. The zero-order chi connectivity index (χ0) is 13.7. The Kier molecular flexibility index (Phi) is 4.77. The van der Waals surface area contributed by atoms with Gasteiger partial charge in [0, 0.05) is 24.0 Å². The molecule has 3 nitrogen and oxygen atoms in total. The summed E-state index contributed by atoms with van der Waals surface area (Å²) < 4.78 is 0. The second kappa shape index (κ2) is 6.55. The van der Waals surface area contributed by atoms with Crippen LogP contribution in [0, 0.1) is 0 Å². The molecule has 0 bridgehead atoms. The average molecular weight is 276 g/mol. The third-order valence-electron chi connectivity index (χ3n) is 3.04. The second-order valence-corrected chi connectivity index (χ2v) is 5.09. The van der Waals surface area contributed by atoms with Crippen LogP contribution in [0.5, 0.6) is 0 Å². The van der Waals surface area contributed by atoms with Gasteiger partial charge in [0.05, 0.1) is 11.7 Å². The minimum Gasteiger partial charge on any atom is -0.382 e. The third-order valence-corrected chi connectivity index (χ3v) is 3.29. The van der Waals surface area contributed by atoms with Crippen LogP contribution in [0.4, 0.5) is 5.69 Å². The first-order valence-corrected chi connectivity index (χ1v) is 6.60. The summed E-state index contributed by atoms with van der Waals surface area (Å²) in [5, 5.41) is 4.17. The monoisotopic (exact) mass is 275 g/mol. The van der Waals surface area contributed by atoms with Crippen molar-refractivity contribution < 1.29 is 0 Å². The van der Waals surface area contributed by atoms with Gasteiger partial charge >= 0.3 is 0 Å². The van der Waals surface area contributed by atoms with E-state index in [1.54, 1.807) is 6.20 Å². The fraction of sp³-hybridized carbons (Fsp3) is 0.267. The lowest BCUT2D eigenvalue weighted by Crippen LogP contribution is -2.26. The number of hydrogen-bond donors (Lipinski definition) is 1. The van der Waals surface area contributed by atoms with Crippen molar-refractivity contribution in [2.24, 2.45) is 0 Å². The molecule has 100 valence electrons. The van der Waals surface area contributed by atoms with Crippen molar-refractivity contribution in [1.82, 2.24) is 9.88 Å². The molecule has 0 amide bonds. The van der Waals surface area contributed by atoms with Crippen molar-refractivity contribution >= 4 is 17.3 Å². The number of halogens is 1. The van der Waals surface area contributed by atoms with Gasteiger partial charge in [-0.1, -0.05) is 23.7 Å². The molecule has 0 aliphatic rings. The van der Waals surface area contributed by atoms with E-state index < -0.39 is 0 Å². The van der Waals surface area contributed by atoms with Gasteiger partial charge in [0.25, 0.3) is 0 Å². The molecule has 0 aliphatic carbocycles. The number of anilines is 1. The van der Waals surface area contributed by atoms with Gasteiger partial charge in [0.15, 0.2) is 0 Å². The summed E-state index contributed by atoms with van der Waals surface area (Å²) in [7, 11) is 4.15. The van der Waals surface area contributed by atoms with Crippen LogP contribution in [-0.2, 0) is 0 Å². The first-order valence-electron chi connectivity index (χ1n) is 6.22. The number of nitrogens with one attached hydrogen (secondary N) is 1. The van der Waals surface area contributed by atoms with Crippen LogP contribution < -0.4 is 5.32 Å². The van der Waals surface area contributed by atoms with Crippen LogP contribution in [0.25, 0.3) is 0 Å².